The minimum Gasteiger partial charge on any atom is -0.508 e. The topological polar surface area (TPSA) is 86.9 Å². The molecule has 24 heavy (non-hydrogen) atoms. The van der Waals surface area contributed by atoms with E-state index in [1.165, 1.54) is 12.1 Å². The summed E-state index contributed by atoms with van der Waals surface area (Å²) in [4.78, 5) is 28.2. The van der Waals surface area contributed by atoms with Crippen molar-refractivity contribution in [1.29, 1.82) is 0 Å². The number of piperazine rings is 1. The van der Waals surface area contributed by atoms with E-state index in [-0.39, 0.29) is 35.9 Å². The van der Waals surface area contributed by atoms with Gasteiger partial charge in [-0.05, 0) is 30.2 Å². The number of aromatic hydroxyl groups is 1. The first kappa shape index (κ1) is 20.3. The molecule has 3 N–H and O–H groups in total. The van der Waals surface area contributed by atoms with Crippen molar-refractivity contribution in [2.24, 2.45) is 11.7 Å². The van der Waals surface area contributed by atoms with E-state index in [2.05, 4.69) is 0 Å². The number of hydrogen-bond acceptors (Lipinski definition) is 4. The van der Waals surface area contributed by atoms with E-state index in [1.807, 2.05) is 13.8 Å². The highest BCUT2D eigenvalue weighted by Crippen LogP contribution is 2.15. The van der Waals surface area contributed by atoms with Gasteiger partial charge in [0.2, 0.25) is 5.91 Å². The molecule has 1 aromatic carbocycles. The molecule has 0 bridgehead atoms. The van der Waals surface area contributed by atoms with Crippen LogP contribution < -0.4 is 5.73 Å². The van der Waals surface area contributed by atoms with E-state index in [0.717, 1.165) is 6.42 Å². The molecule has 1 saturated heterocycles. The molecule has 0 aromatic heterocycles. The van der Waals surface area contributed by atoms with Gasteiger partial charge in [-0.1, -0.05) is 20.3 Å². The van der Waals surface area contributed by atoms with Crippen LogP contribution in [-0.2, 0) is 4.79 Å². The van der Waals surface area contributed by atoms with Crippen LogP contribution >= 0.6 is 12.4 Å². The maximum absolute atomic E-state index is 12.4. The Morgan fingerprint density at radius 1 is 1.12 bits per heavy atom. The normalized spacial score (nSPS) is 17.0. The molecule has 134 valence electrons. The fourth-order valence-electron chi connectivity index (χ4n) is 2.62. The Morgan fingerprint density at radius 3 is 2.12 bits per heavy atom. The van der Waals surface area contributed by atoms with Crippen molar-refractivity contribution in [3.05, 3.63) is 29.8 Å². The van der Waals surface area contributed by atoms with Crippen molar-refractivity contribution in [2.75, 3.05) is 26.2 Å². The second-order valence-corrected chi connectivity index (χ2v) is 6.08. The van der Waals surface area contributed by atoms with Gasteiger partial charge in [0.05, 0.1) is 6.04 Å². The summed E-state index contributed by atoms with van der Waals surface area (Å²) in [5.41, 5.74) is 6.55. The van der Waals surface area contributed by atoms with Crippen LogP contribution in [0.25, 0.3) is 0 Å². The number of halogens is 1. The van der Waals surface area contributed by atoms with E-state index in [9.17, 15) is 14.7 Å². The third kappa shape index (κ3) is 4.61. The Kier molecular flexibility index (Phi) is 7.51. The minimum absolute atomic E-state index is 0. The molecule has 1 aromatic rings. The summed E-state index contributed by atoms with van der Waals surface area (Å²) < 4.78 is 0. The second kappa shape index (κ2) is 8.89. The highest BCUT2D eigenvalue weighted by molar-refractivity contribution is 5.94. The van der Waals surface area contributed by atoms with Crippen LogP contribution in [0.15, 0.2) is 24.3 Å². The van der Waals surface area contributed by atoms with Crippen LogP contribution in [0.3, 0.4) is 0 Å². The number of nitrogens with two attached hydrogens (primary N) is 1. The van der Waals surface area contributed by atoms with E-state index in [4.69, 9.17) is 5.73 Å². The van der Waals surface area contributed by atoms with Crippen LogP contribution in [0.4, 0.5) is 0 Å². The van der Waals surface area contributed by atoms with E-state index >= 15 is 0 Å². The molecular formula is C17H26ClN3O3. The Hall–Kier alpha value is -1.79. The van der Waals surface area contributed by atoms with Crippen molar-refractivity contribution in [1.82, 2.24) is 9.80 Å². The summed E-state index contributed by atoms with van der Waals surface area (Å²) in [5, 5.41) is 9.28. The van der Waals surface area contributed by atoms with Gasteiger partial charge in [-0.2, -0.15) is 0 Å². The summed E-state index contributed by atoms with van der Waals surface area (Å²) >= 11 is 0. The average molecular weight is 356 g/mol. The molecule has 1 heterocycles. The molecule has 2 unspecified atom stereocenters. The molecule has 0 spiro atoms. The number of carbonyl (C=O) groups excluding carboxylic acids is 2. The summed E-state index contributed by atoms with van der Waals surface area (Å²) in [6.07, 6.45) is 0.867. The predicted molar refractivity (Wildman–Crippen MR) is 95.3 cm³/mol. The summed E-state index contributed by atoms with van der Waals surface area (Å²) in [7, 11) is 0. The third-order valence-corrected chi connectivity index (χ3v) is 4.53. The van der Waals surface area contributed by atoms with Crippen LogP contribution in [0.5, 0.6) is 5.75 Å². The summed E-state index contributed by atoms with van der Waals surface area (Å²) in [6, 6.07) is 5.73. The molecule has 1 aliphatic heterocycles. The standard InChI is InChI=1S/C17H25N3O3.ClH/c1-3-12(2)15(18)17(23)20-10-8-19(9-11-20)16(22)13-4-6-14(21)7-5-13;/h4-7,12,15,21H,3,8-11,18H2,1-2H3;1H. The molecule has 6 nitrogen and oxygen atoms in total. The smallest absolute Gasteiger partial charge is 0.253 e. The van der Waals surface area contributed by atoms with Gasteiger partial charge >= 0.3 is 0 Å². The summed E-state index contributed by atoms with van der Waals surface area (Å²) in [5.74, 6) is 0.176. The fraction of sp³-hybridized carbons (Fsp3) is 0.529. The van der Waals surface area contributed by atoms with Crippen molar-refractivity contribution in [3.8, 4) is 5.75 Å². The maximum atomic E-state index is 12.4. The molecule has 0 aliphatic carbocycles. The monoisotopic (exact) mass is 355 g/mol. The van der Waals surface area contributed by atoms with Crippen LogP contribution in [0.1, 0.15) is 30.6 Å². The molecule has 0 radical (unpaired) electrons. The lowest BCUT2D eigenvalue weighted by atomic mass is 9.98. The van der Waals surface area contributed by atoms with Gasteiger partial charge in [-0.3, -0.25) is 9.59 Å². The number of hydrogen-bond donors (Lipinski definition) is 2. The van der Waals surface area contributed by atoms with Gasteiger partial charge in [0.25, 0.3) is 5.91 Å². The number of nitrogens with zero attached hydrogens (tertiary/aromatic N) is 2. The Bertz CT molecular complexity index is 557. The summed E-state index contributed by atoms with van der Waals surface area (Å²) in [6.45, 7) is 6.01. The van der Waals surface area contributed by atoms with Gasteiger partial charge in [-0.15, -0.1) is 12.4 Å². The third-order valence-electron chi connectivity index (χ3n) is 4.53. The zero-order chi connectivity index (χ0) is 17.0. The molecule has 0 saturated carbocycles. The van der Waals surface area contributed by atoms with Gasteiger partial charge in [0, 0.05) is 31.7 Å². The number of amides is 2. The number of benzene rings is 1. The fourth-order valence-corrected chi connectivity index (χ4v) is 2.62. The quantitative estimate of drug-likeness (QED) is 0.856. The molecule has 2 rings (SSSR count). The lowest BCUT2D eigenvalue weighted by Crippen LogP contribution is -2.55. The number of carbonyl (C=O) groups is 2. The molecule has 1 fully saturated rings. The molecule has 7 heteroatoms. The SMILES string of the molecule is CCC(C)C(N)C(=O)N1CCN(C(=O)c2ccc(O)cc2)CC1.Cl. The van der Waals surface area contributed by atoms with Crippen LogP contribution in [-0.4, -0.2) is 58.9 Å². The number of phenolic OH excluding ortho intramolecular Hbond substituents is 1. The molecular weight excluding hydrogens is 330 g/mol. The first-order valence-electron chi connectivity index (χ1n) is 8.06. The molecule has 1 aliphatic rings. The van der Waals surface area contributed by atoms with Gasteiger partial charge in [0.15, 0.2) is 0 Å². The lowest BCUT2D eigenvalue weighted by Gasteiger charge is -2.36. The van der Waals surface area contributed by atoms with Gasteiger partial charge in [-0.25, -0.2) is 0 Å². The molecule has 2 amide bonds. The first-order valence-corrected chi connectivity index (χ1v) is 8.06. The zero-order valence-electron chi connectivity index (χ0n) is 14.1. The Balaban J connectivity index is 0.00000288. The maximum Gasteiger partial charge on any atom is 0.253 e. The van der Waals surface area contributed by atoms with Crippen LogP contribution in [0, 0.1) is 5.92 Å². The number of rotatable bonds is 4. The highest BCUT2D eigenvalue weighted by Gasteiger charge is 2.29. The molecule has 2 atom stereocenters. The van der Waals surface area contributed by atoms with E-state index in [0.29, 0.717) is 31.7 Å². The average Bonchev–Trinajstić information content (AvgIpc) is 2.60. The van der Waals surface area contributed by atoms with E-state index < -0.39 is 6.04 Å². The highest BCUT2D eigenvalue weighted by atomic mass is 35.5. The van der Waals surface area contributed by atoms with Gasteiger partial charge in [0.1, 0.15) is 5.75 Å². The lowest BCUT2D eigenvalue weighted by molar-refractivity contribution is -0.135. The van der Waals surface area contributed by atoms with Crippen molar-refractivity contribution < 1.29 is 14.7 Å². The van der Waals surface area contributed by atoms with Gasteiger partial charge < -0.3 is 20.6 Å². The first-order chi connectivity index (χ1) is 10.9. The van der Waals surface area contributed by atoms with E-state index in [1.54, 1.807) is 21.9 Å². The number of phenols is 1. The Labute approximate surface area is 149 Å². The van der Waals surface area contributed by atoms with Crippen molar-refractivity contribution in [3.63, 3.8) is 0 Å². The van der Waals surface area contributed by atoms with Crippen molar-refractivity contribution >= 4 is 24.2 Å². The largest absolute Gasteiger partial charge is 0.508 e. The van der Waals surface area contributed by atoms with Crippen LogP contribution in [0.2, 0.25) is 0 Å². The predicted octanol–water partition coefficient (Wildman–Crippen LogP) is 1.47. The minimum atomic E-state index is -0.473. The van der Waals surface area contributed by atoms with Crippen molar-refractivity contribution in [2.45, 2.75) is 26.3 Å². The zero-order valence-corrected chi connectivity index (χ0v) is 15.0. The Morgan fingerprint density at radius 2 is 1.62 bits per heavy atom. The second-order valence-electron chi connectivity index (χ2n) is 6.08.